The average molecular weight is 223 g/mol. The van der Waals surface area contributed by atoms with Crippen LogP contribution in [0, 0.1) is 5.92 Å². The monoisotopic (exact) mass is 223 g/mol. The number of halogens is 2. The van der Waals surface area contributed by atoms with Gasteiger partial charge in [-0.1, -0.05) is 0 Å². The van der Waals surface area contributed by atoms with Gasteiger partial charge in [-0.05, 0) is 0 Å². The van der Waals surface area contributed by atoms with Crippen LogP contribution in [0.2, 0.25) is 0 Å². The summed E-state index contributed by atoms with van der Waals surface area (Å²) >= 11 is 0. The van der Waals surface area contributed by atoms with Gasteiger partial charge in [0.25, 0.3) is 6.43 Å². The van der Waals surface area contributed by atoms with Gasteiger partial charge in [0.1, 0.15) is 6.61 Å². The maximum Gasteiger partial charge on any atom is 0.261 e. The Morgan fingerprint density at radius 2 is 2.20 bits per heavy atom. The molecule has 1 N–H and O–H groups in total. The van der Waals surface area contributed by atoms with Crippen molar-refractivity contribution in [2.45, 2.75) is 12.8 Å². The normalized spacial score (nSPS) is 16.9. The van der Waals surface area contributed by atoms with Crippen LogP contribution in [0.15, 0.2) is 0 Å². The van der Waals surface area contributed by atoms with Crippen LogP contribution in [0.4, 0.5) is 8.78 Å². The molecule has 15 heavy (non-hydrogen) atoms. The molecule has 0 spiro atoms. The number of amides is 1. The Morgan fingerprint density at radius 3 is 2.73 bits per heavy atom. The van der Waals surface area contributed by atoms with E-state index in [0.717, 1.165) is 0 Å². The van der Waals surface area contributed by atoms with E-state index < -0.39 is 13.0 Å². The fourth-order valence-electron chi connectivity index (χ4n) is 1.38. The van der Waals surface area contributed by atoms with Gasteiger partial charge < -0.3 is 14.7 Å². The molecule has 1 saturated heterocycles. The van der Waals surface area contributed by atoms with E-state index in [0.29, 0.717) is 13.1 Å². The summed E-state index contributed by atoms with van der Waals surface area (Å²) in [7, 11) is 0. The van der Waals surface area contributed by atoms with Crippen LogP contribution >= 0.6 is 0 Å². The zero-order chi connectivity index (χ0) is 11.3. The molecule has 0 bridgehead atoms. The number of alkyl halides is 2. The van der Waals surface area contributed by atoms with Gasteiger partial charge in [-0.25, -0.2) is 8.78 Å². The van der Waals surface area contributed by atoms with E-state index in [9.17, 15) is 13.6 Å². The lowest BCUT2D eigenvalue weighted by atomic mass is 10.0. The molecule has 0 saturated carbocycles. The second-order valence-corrected chi connectivity index (χ2v) is 3.56. The summed E-state index contributed by atoms with van der Waals surface area (Å²) in [5, 5.41) is 8.71. The Hall–Kier alpha value is -0.750. The molecule has 0 unspecified atom stereocenters. The van der Waals surface area contributed by atoms with Crippen molar-refractivity contribution in [2.24, 2.45) is 5.92 Å². The van der Waals surface area contributed by atoms with Crippen LogP contribution in [-0.2, 0) is 9.53 Å². The first-order valence-electron chi connectivity index (χ1n) is 4.88. The van der Waals surface area contributed by atoms with E-state index in [1.165, 1.54) is 0 Å². The van der Waals surface area contributed by atoms with Crippen molar-refractivity contribution >= 4 is 5.91 Å². The summed E-state index contributed by atoms with van der Waals surface area (Å²) < 4.78 is 27.9. The number of aliphatic hydroxyl groups excluding tert-OH is 1. The number of nitrogens with zero attached hydrogens (tertiary/aromatic N) is 1. The summed E-state index contributed by atoms with van der Waals surface area (Å²) in [6.07, 6.45) is -2.35. The third-order valence-corrected chi connectivity index (χ3v) is 2.27. The first-order chi connectivity index (χ1) is 7.13. The fraction of sp³-hybridized carbons (Fsp3) is 0.889. The molecule has 4 nitrogen and oxygen atoms in total. The zero-order valence-corrected chi connectivity index (χ0v) is 8.36. The lowest BCUT2D eigenvalue weighted by molar-refractivity contribution is -0.139. The van der Waals surface area contributed by atoms with Gasteiger partial charge in [0.2, 0.25) is 5.91 Å². The molecule has 88 valence electrons. The molecule has 0 aromatic rings. The average Bonchev–Trinajstić information content (AvgIpc) is 2.10. The van der Waals surface area contributed by atoms with Gasteiger partial charge in [-0.3, -0.25) is 4.79 Å². The van der Waals surface area contributed by atoms with Crippen molar-refractivity contribution in [1.29, 1.82) is 0 Å². The smallest absolute Gasteiger partial charge is 0.261 e. The van der Waals surface area contributed by atoms with Gasteiger partial charge in [0.15, 0.2) is 0 Å². The van der Waals surface area contributed by atoms with Crippen LogP contribution < -0.4 is 0 Å². The highest BCUT2D eigenvalue weighted by Gasteiger charge is 2.29. The minimum Gasteiger partial charge on any atom is -0.396 e. The fourth-order valence-corrected chi connectivity index (χ4v) is 1.38. The maximum atomic E-state index is 11.6. The Balaban J connectivity index is 2.00. The molecule has 0 aromatic heterocycles. The Morgan fingerprint density at radius 1 is 1.53 bits per heavy atom. The quantitative estimate of drug-likeness (QED) is 0.650. The summed E-state index contributed by atoms with van der Waals surface area (Å²) in [6, 6.07) is 0. The minimum atomic E-state index is -2.48. The zero-order valence-electron chi connectivity index (χ0n) is 8.36. The molecule has 1 aliphatic heterocycles. The van der Waals surface area contributed by atoms with Gasteiger partial charge in [-0.15, -0.1) is 0 Å². The highest BCUT2D eigenvalue weighted by molar-refractivity contribution is 5.77. The molecule has 1 fully saturated rings. The van der Waals surface area contributed by atoms with Crippen molar-refractivity contribution in [3.8, 4) is 0 Å². The Kier molecular flexibility index (Phi) is 4.90. The van der Waals surface area contributed by atoms with E-state index in [-0.39, 0.29) is 31.5 Å². The SMILES string of the molecule is O=C(CCOCC(F)F)N1CC(CO)C1. The number of ether oxygens (including phenoxy) is 1. The van der Waals surface area contributed by atoms with E-state index in [1.807, 2.05) is 0 Å². The summed E-state index contributed by atoms with van der Waals surface area (Å²) in [5.74, 6) is 0.0740. The van der Waals surface area contributed by atoms with Gasteiger partial charge in [-0.2, -0.15) is 0 Å². The molecule has 1 heterocycles. The number of carbonyl (C=O) groups excluding carboxylic acids is 1. The number of rotatable bonds is 6. The van der Waals surface area contributed by atoms with E-state index in [4.69, 9.17) is 5.11 Å². The van der Waals surface area contributed by atoms with Crippen molar-refractivity contribution in [2.75, 3.05) is 32.9 Å². The minimum absolute atomic E-state index is 0.0312. The molecule has 0 aromatic carbocycles. The van der Waals surface area contributed by atoms with Gasteiger partial charge in [0.05, 0.1) is 13.0 Å². The first kappa shape index (κ1) is 12.3. The van der Waals surface area contributed by atoms with Gasteiger partial charge in [0, 0.05) is 25.6 Å². The van der Waals surface area contributed by atoms with Crippen molar-refractivity contribution in [3.63, 3.8) is 0 Å². The summed E-state index contributed by atoms with van der Waals surface area (Å²) in [4.78, 5) is 12.9. The van der Waals surface area contributed by atoms with Gasteiger partial charge >= 0.3 is 0 Å². The standard InChI is InChI=1S/C9H15F2NO3/c10-8(11)6-15-2-1-9(14)12-3-7(4-12)5-13/h7-8,13H,1-6H2. The summed E-state index contributed by atoms with van der Waals surface area (Å²) in [5.41, 5.74) is 0. The molecule has 0 aliphatic carbocycles. The number of carbonyl (C=O) groups is 1. The number of hydrogen-bond donors (Lipinski definition) is 1. The third-order valence-electron chi connectivity index (χ3n) is 2.27. The molecule has 6 heteroatoms. The molecule has 0 radical (unpaired) electrons. The molecular weight excluding hydrogens is 208 g/mol. The second kappa shape index (κ2) is 5.97. The molecule has 1 amide bonds. The van der Waals surface area contributed by atoms with Crippen molar-refractivity contribution in [3.05, 3.63) is 0 Å². The van der Waals surface area contributed by atoms with Crippen molar-refractivity contribution < 1.29 is 23.4 Å². The lowest BCUT2D eigenvalue weighted by Gasteiger charge is -2.38. The largest absolute Gasteiger partial charge is 0.396 e. The Labute approximate surface area is 86.8 Å². The predicted molar refractivity (Wildman–Crippen MR) is 48.6 cm³/mol. The first-order valence-corrected chi connectivity index (χ1v) is 4.88. The predicted octanol–water partition coefficient (Wildman–Crippen LogP) is 0.109. The lowest BCUT2D eigenvalue weighted by Crippen LogP contribution is -2.51. The van der Waals surface area contributed by atoms with Crippen LogP contribution in [0.1, 0.15) is 6.42 Å². The highest BCUT2D eigenvalue weighted by Crippen LogP contribution is 2.15. The summed E-state index contributed by atoms with van der Waals surface area (Å²) in [6.45, 7) is 0.621. The van der Waals surface area contributed by atoms with E-state index >= 15 is 0 Å². The van der Waals surface area contributed by atoms with Crippen LogP contribution in [0.25, 0.3) is 0 Å². The number of likely N-dealkylation sites (tertiary alicyclic amines) is 1. The molecular formula is C9H15F2NO3. The highest BCUT2D eigenvalue weighted by atomic mass is 19.3. The van der Waals surface area contributed by atoms with E-state index in [2.05, 4.69) is 4.74 Å². The number of aliphatic hydroxyl groups is 1. The Bertz CT molecular complexity index is 208. The third kappa shape index (κ3) is 4.09. The van der Waals surface area contributed by atoms with Crippen LogP contribution in [-0.4, -0.2) is 55.2 Å². The molecule has 0 atom stereocenters. The van der Waals surface area contributed by atoms with Crippen molar-refractivity contribution in [1.82, 2.24) is 4.90 Å². The topological polar surface area (TPSA) is 49.8 Å². The second-order valence-electron chi connectivity index (χ2n) is 3.56. The molecule has 1 rings (SSSR count). The van der Waals surface area contributed by atoms with Crippen LogP contribution in [0.5, 0.6) is 0 Å². The number of hydrogen-bond acceptors (Lipinski definition) is 3. The molecule has 1 aliphatic rings. The van der Waals surface area contributed by atoms with Crippen LogP contribution in [0.3, 0.4) is 0 Å². The van der Waals surface area contributed by atoms with E-state index in [1.54, 1.807) is 4.90 Å². The maximum absolute atomic E-state index is 11.6.